The second-order valence-corrected chi connectivity index (χ2v) is 5.63. The van der Waals surface area contributed by atoms with Gasteiger partial charge < -0.3 is 14.9 Å². The summed E-state index contributed by atoms with van der Waals surface area (Å²) < 4.78 is 0. The van der Waals surface area contributed by atoms with Crippen LogP contribution in [0.25, 0.3) is 0 Å². The first-order valence-electron chi connectivity index (χ1n) is 7.14. The Morgan fingerprint density at radius 3 is 2.58 bits per heavy atom. The molecule has 5 nitrogen and oxygen atoms in total. The largest absolute Gasteiger partial charge is 0.481 e. The minimum absolute atomic E-state index is 0.00127. The highest BCUT2D eigenvalue weighted by molar-refractivity contribution is 5.76. The Morgan fingerprint density at radius 1 is 1.47 bits per heavy atom. The number of carbonyl (C=O) groups is 2. The molecular weight excluding hydrogens is 244 g/mol. The first-order valence-corrected chi connectivity index (χ1v) is 7.14. The number of nitrogens with zero attached hydrogens (tertiary/aromatic N) is 2. The van der Waals surface area contributed by atoms with Gasteiger partial charge in [-0.3, -0.25) is 4.79 Å². The van der Waals surface area contributed by atoms with Gasteiger partial charge in [0, 0.05) is 25.7 Å². The average Bonchev–Trinajstić information content (AvgIpc) is 2.37. The Kier molecular flexibility index (Phi) is 5.63. The number of carboxylic acids is 1. The third-order valence-corrected chi connectivity index (χ3v) is 4.14. The van der Waals surface area contributed by atoms with Crippen LogP contribution in [0.15, 0.2) is 0 Å². The lowest BCUT2D eigenvalue weighted by Crippen LogP contribution is -2.52. The monoisotopic (exact) mass is 270 g/mol. The van der Waals surface area contributed by atoms with E-state index in [-0.39, 0.29) is 24.0 Å². The molecule has 110 valence electrons. The molecule has 0 saturated carbocycles. The van der Waals surface area contributed by atoms with Crippen molar-refractivity contribution in [2.75, 3.05) is 13.6 Å². The fourth-order valence-corrected chi connectivity index (χ4v) is 2.68. The predicted molar refractivity (Wildman–Crippen MR) is 74.1 cm³/mol. The molecule has 1 saturated heterocycles. The molecule has 3 atom stereocenters. The molecule has 0 aromatic heterocycles. The number of carbonyl (C=O) groups excluding carboxylic acids is 1. The van der Waals surface area contributed by atoms with Crippen LogP contribution in [0.5, 0.6) is 0 Å². The van der Waals surface area contributed by atoms with Crippen molar-refractivity contribution in [2.45, 2.75) is 58.5 Å². The highest BCUT2D eigenvalue weighted by atomic mass is 16.4. The van der Waals surface area contributed by atoms with Crippen molar-refractivity contribution in [2.24, 2.45) is 5.92 Å². The van der Waals surface area contributed by atoms with Crippen LogP contribution in [0, 0.1) is 5.92 Å². The number of hydrogen-bond acceptors (Lipinski definition) is 2. The molecule has 1 aliphatic rings. The van der Waals surface area contributed by atoms with E-state index in [1.807, 2.05) is 18.9 Å². The Bertz CT molecular complexity index is 333. The van der Waals surface area contributed by atoms with Gasteiger partial charge in [0.2, 0.25) is 0 Å². The summed E-state index contributed by atoms with van der Waals surface area (Å²) in [5, 5.41) is 9.03. The standard InChI is InChI=1S/C14H26N2O3/c1-5-6-10(2)15(4)14(19)16-8-7-12(13(17)18)9-11(16)3/h10-12H,5-9H2,1-4H3,(H,17,18). The van der Waals surface area contributed by atoms with Crippen LogP contribution in [0.2, 0.25) is 0 Å². The summed E-state index contributed by atoms with van der Waals surface area (Å²) in [4.78, 5) is 27.0. The Morgan fingerprint density at radius 2 is 2.11 bits per heavy atom. The first kappa shape index (κ1) is 15.8. The molecule has 0 bridgehead atoms. The van der Waals surface area contributed by atoms with Gasteiger partial charge in [0.15, 0.2) is 0 Å². The van der Waals surface area contributed by atoms with Crippen LogP contribution in [0.1, 0.15) is 46.5 Å². The van der Waals surface area contributed by atoms with Gasteiger partial charge in [-0.15, -0.1) is 0 Å². The zero-order valence-corrected chi connectivity index (χ0v) is 12.4. The lowest BCUT2D eigenvalue weighted by atomic mass is 9.92. The van der Waals surface area contributed by atoms with Crippen LogP contribution in [-0.4, -0.2) is 52.6 Å². The van der Waals surface area contributed by atoms with Crippen molar-refractivity contribution < 1.29 is 14.7 Å². The smallest absolute Gasteiger partial charge is 0.320 e. The molecule has 1 heterocycles. The number of likely N-dealkylation sites (tertiary alicyclic amines) is 1. The lowest BCUT2D eigenvalue weighted by Gasteiger charge is -2.39. The molecule has 0 radical (unpaired) electrons. The van der Waals surface area contributed by atoms with Gasteiger partial charge in [-0.05, 0) is 33.1 Å². The van der Waals surface area contributed by atoms with Crippen molar-refractivity contribution >= 4 is 12.0 Å². The third kappa shape index (κ3) is 3.85. The van der Waals surface area contributed by atoms with E-state index in [2.05, 4.69) is 13.8 Å². The summed E-state index contributed by atoms with van der Waals surface area (Å²) in [6.45, 7) is 6.64. The molecule has 19 heavy (non-hydrogen) atoms. The molecular formula is C14H26N2O3. The van der Waals surface area contributed by atoms with Crippen molar-refractivity contribution in [1.29, 1.82) is 0 Å². The minimum atomic E-state index is -0.744. The third-order valence-electron chi connectivity index (χ3n) is 4.14. The summed E-state index contributed by atoms with van der Waals surface area (Å²) >= 11 is 0. The summed E-state index contributed by atoms with van der Waals surface area (Å²) in [6, 6.07) is 0.248. The molecule has 0 aromatic carbocycles. The maximum Gasteiger partial charge on any atom is 0.320 e. The molecule has 5 heteroatoms. The van der Waals surface area contributed by atoms with Crippen LogP contribution in [-0.2, 0) is 4.79 Å². The maximum absolute atomic E-state index is 12.4. The summed E-state index contributed by atoms with van der Waals surface area (Å²) in [7, 11) is 1.83. The minimum Gasteiger partial charge on any atom is -0.481 e. The summed E-state index contributed by atoms with van der Waals surface area (Å²) in [5.74, 6) is -1.05. The molecule has 3 unspecified atom stereocenters. The van der Waals surface area contributed by atoms with Crippen LogP contribution >= 0.6 is 0 Å². The molecule has 1 N–H and O–H groups in total. The molecule has 0 spiro atoms. The second kappa shape index (κ2) is 6.78. The van der Waals surface area contributed by atoms with E-state index < -0.39 is 5.97 Å². The lowest BCUT2D eigenvalue weighted by molar-refractivity contribution is -0.143. The summed E-state index contributed by atoms with van der Waals surface area (Å²) in [6.07, 6.45) is 3.15. The van der Waals surface area contributed by atoms with Crippen molar-refractivity contribution in [1.82, 2.24) is 9.80 Å². The second-order valence-electron chi connectivity index (χ2n) is 5.63. The van der Waals surface area contributed by atoms with Gasteiger partial charge >= 0.3 is 12.0 Å². The SMILES string of the molecule is CCCC(C)N(C)C(=O)N1CCC(C(=O)O)CC1C. The van der Waals surface area contributed by atoms with Gasteiger partial charge in [0.25, 0.3) is 0 Å². The van der Waals surface area contributed by atoms with E-state index in [9.17, 15) is 9.59 Å². The van der Waals surface area contributed by atoms with Gasteiger partial charge in [0.1, 0.15) is 0 Å². The number of aliphatic carboxylic acids is 1. The Hall–Kier alpha value is -1.26. The molecule has 2 amide bonds. The molecule has 1 fully saturated rings. The van der Waals surface area contributed by atoms with Gasteiger partial charge in [-0.2, -0.15) is 0 Å². The number of carboxylic acid groups (broad SMARTS) is 1. The van der Waals surface area contributed by atoms with Crippen molar-refractivity contribution in [3.63, 3.8) is 0 Å². The van der Waals surface area contributed by atoms with Gasteiger partial charge in [-0.1, -0.05) is 13.3 Å². The predicted octanol–water partition coefficient (Wildman–Crippen LogP) is 2.41. The van der Waals surface area contributed by atoms with E-state index in [4.69, 9.17) is 5.11 Å². The van der Waals surface area contributed by atoms with E-state index in [0.717, 1.165) is 12.8 Å². The number of amides is 2. The van der Waals surface area contributed by atoms with E-state index in [1.54, 1.807) is 4.90 Å². The van der Waals surface area contributed by atoms with E-state index in [0.29, 0.717) is 19.4 Å². The molecule has 0 aromatic rings. The maximum atomic E-state index is 12.4. The van der Waals surface area contributed by atoms with Crippen LogP contribution in [0.4, 0.5) is 4.79 Å². The quantitative estimate of drug-likeness (QED) is 0.853. The average molecular weight is 270 g/mol. The van der Waals surface area contributed by atoms with E-state index in [1.165, 1.54) is 0 Å². The Labute approximate surface area is 115 Å². The molecule has 1 aliphatic heterocycles. The van der Waals surface area contributed by atoms with Gasteiger partial charge in [-0.25, -0.2) is 4.79 Å². The highest BCUT2D eigenvalue weighted by Crippen LogP contribution is 2.24. The molecule has 0 aliphatic carbocycles. The topological polar surface area (TPSA) is 60.9 Å². The van der Waals surface area contributed by atoms with Crippen molar-refractivity contribution in [3.8, 4) is 0 Å². The van der Waals surface area contributed by atoms with Crippen LogP contribution in [0.3, 0.4) is 0 Å². The number of piperidine rings is 1. The number of hydrogen-bond donors (Lipinski definition) is 1. The molecule has 1 rings (SSSR count). The normalized spacial score (nSPS) is 24.9. The number of rotatable bonds is 4. The number of urea groups is 1. The van der Waals surface area contributed by atoms with E-state index >= 15 is 0 Å². The van der Waals surface area contributed by atoms with Gasteiger partial charge in [0.05, 0.1) is 5.92 Å². The Balaban J connectivity index is 2.61. The highest BCUT2D eigenvalue weighted by Gasteiger charge is 2.34. The zero-order chi connectivity index (χ0) is 14.6. The van der Waals surface area contributed by atoms with Crippen molar-refractivity contribution in [3.05, 3.63) is 0 Å². The summed E-state index contributed by atoms with van der Waals surface area (Å²) in [5.41, 5.74) is 0. The fourth-order valence-electron chi connectivity index (χ4n) is 2.68. The zero-order valence-electron chi connectivity index (χ0n) is 12.4. The first-order chi connectivity index (χ1) is 8.88. The van der Waals surface area contributed by atoms with Crippen LogP contribution < -0.4 is 0 Å². The fraction of sp³-hybridized carbons (Fsp3) is 0.857.